The van der Waals surface area contributed by atoms with Crippen molar-refractivity contribution in [2.75, 3.05) is 62.0 Å². The Hall–Kier alpha value is -3.56. The molecule has 4 N–H and O–H groups in total. The van der Waals surface area contributed by atoms with Crippen molar-refractivity contribution in [1.82, 2.24) is 35.6 Å². The van der Waals surface area contributed by atoms with Gasteiger partial charge >= 0.3 is 6.03 Å². The van der Waals surface area contributed by atoms with Gasteiger partial charge in [-0.2, -0.15) is 0 Å². The van der Waals surface area contributed by atoms with Crippen LogP contribution in [0.25, 0.3) is 0 Å². The van der Waals surface area contributed by atoms with E-state index in [-0.39, 0.29) is 56.1 Å². The van der Waals surface area contributed by atoms with Gasteiger partial charge in [-0.05, 0) is 58.0 Å². The highest BCUT2D eigenvalue weighted by molar-refractivity contribution is 5.99. The summed E-state index contributed by atoms with van der Waals surface area (Å²) in [5.74, 6) is -3.29. The molecule has 0 rings (SSSR count). The van der Waals surface area contributed by atoms with Crippen LogP contribution in [0, 0.1) is 17.8 Å². The quantitative estimate of drug-likeness (QED) is 0.0949. The Morgan fingerprint density at radius 1 is 0.824 bits per heavy atom. The number of allylic oxidation sites excluding steroid dienone is 2. The fourth-order valence-electron chi connectivity index (χ4n) is 5.33. The van der Waals surface area contributed by atoms with Crippen LogP contribution in [-0.4, -0.2) is 153 Å². The monoisotopic (exact) mass is 726 g/mol. The molecule has 0 saturated heterocycles. The summed E-state index contributed by atoms with van der Waals surface area (Å²) in [6.45, 7) is 13.5. The number of carbonyl (C=O) groups is 6. The summed E-state index contributed by atoms with van der Waals surface area (Å²) in [5.41, 5.74) is 0. The van der Waals surface area contributed by atoms with Crippen LogP contribution < -0.4 is 16.0 Å². The van der Waals surface area contributed by atoms with Gasteiger partial charge in [0.05, 0.1) is 19.3 Å². The van der Waals surface area contributed by atoms with Gasteiger partial charge in [0.1, 0.15) is 24.2 Å². The van der Waals surface area contributed by atoms with Gasteiger partial charge in [-0.1, -0.05) is 53.7 Å². The maximum Gasteiger partial charge on any atom is 0.321 e. The SMILES string of the molecule is C/C=C/C[C@@H](C)[C@@H](O)[C@@H](C(=O)N[C@@H](CC)C(=O)N(C)[C@H](COCCN(C)C)C(=O)N(C)[C@@H](CC(C)C)C(=O)NC(=O)NC)N(C)C(=O)CC(C)C. The number of nitrogens with zero attached hydrogens (tertiary/aromatic N) is 4. The lowest BCUT2D eigenvalue weighted by Gasteiger charge is -2.37. The molecule has 294 valence electrons. The van der Waals surface area contributed by atoms with E-state index in [1.54, 1.807) is 13.8 Å². The molecule has 0 aromatic carbocycles. The van der Waals surface area contributed by atoms with Crippen LogP contribution in [0.5, 0.6) is 0 Å². The molecule has 0 aromatic heterocycles. The van der Waals surface area contributed by atoms with Crippen LogP contribution in [-0.2, 0) is 28.7 Å². The van der Waals surface area contributed by atoms with Crippen molar-refractivity contribution in [3.05, 3.63) is 12.2 Å². The molecule has 15 nitrogen and oxygen atoms in total. The number of aliphatic hydroxyl groups is 1. The average Bonchev–Trinajstić information content (AvgIpc) is 3.06. The summed E-state index contributed by atoms with van der Waals surface area (Å²) < 4.78 is 5.85. The minimum atomic E-state index is -1.28. The smallest absolute Gasteiger partial charge is 0.321 e. The van der Waals surface area contributed by atoms with Gasteiger partial charge in [0, 0.05) is 41.2 Å². The molecule has 0 aliphatic heterocycles. The number of hydrogen-bond donors (Lipinski definition) is 4. The summed E-state index contributed by atoms with van der Waals surface area (Å²) in [4.78, 5) is 85.9. The van der Waals surface area contributed by atoms with Crippen molar-refractivity contribution in [3.63, 3.8) is 0 Å². The summed E-state index contributed by atoms with van der Waals surface area (Å²) >= 11 is 0. The van der Waals surface area contributed by atoms with Gasteiger partial charge in [-0.25, -0.2) is 4.79 Å². The predicted octanol–water partition coefficient (Wildman–Crippen LogP) is 1.45. The Balaban J connectivity index is 6.58. The van der Waals surface area contributed by atoms with Crippen LogP contribution >= 0.6 is 0 Å². The number of likely N-dealkylation sites (N-methyl/N-ethyl adjacent to an activating group) is 4. The third kappa shape index (κ3) is 16.1. The first kappa shape index (κ1) is 47.4. The molecule has 0 aliphatic rings. The highest BCUT2D eigenvalue weighted by Crippen LogP contribution is 2.20. The minimum Gasteiger partial charge on any atom is -0.390 e. The first-order valence-corrected chi connectivity index (χ1v) is 17.9. The molecule has 0 bridgehead atoms. The van der Waals surface area contributed by atoms with E-state index in [2.05, 4.69) is 16.0 Å². The van der Waals surface area contributed by atoms with Crippen molar-refractivity contribution >= 4 is 35.6 Å². The van der Waals surface area contributed by atoms with Gasteiger partial charge in [-0.3, -0.25) is 29.3 Å². The topological polar surface area (TPSA) is 181 Å². The third-order valence-corrected chi connectivity index (χ3v) is 8.67. The van der Waals surface area contributed by atoms with Crippen LogP contribution in [0.4, 0.5) is 4.79 Å². The minimum absolute atomic E-state index is 0.0161. The summed E-state index contributed by atoms with van der Waals surface area (Å²) in [6, 6.07) is -5.35. The molecule has 6 atom stereocenters. The van der Waals surface area contributed by atoms with Crippen molar-refractivity contribution in [2.45, 2.75) is 104 Å². The maximum absolute atomic E-state index is 14.1. The van der Waals surface area contributed by atoms with Gasteiger partial charge in [-0.15, -0.1) is 0 Å². The Labute approximate surface area is 305 Å². The fourth-order valence-corrected chi connectivity index (χ4v) is 5.33. The highest BCUT2D eigenvalue weighted by atomic mass is 16.5. The van der Waals surface area contributed by atoms with E-state index in [0.29, 0.717) is 13.0 Å². The standard InChI is InChI=1S/C36H67N7O8/c1-14-16-17-25(7)31(45)30(43(13)29(44)21-24(5)6)33(47)38-26(15-2)34(48)42(12)28(22-51-19-18-40(9)10)35(49)41(11)27(20-23(3)4)32(46)39-36(50)37-8/h14,16,23-28,30-31,45H,15,17-22H2,1-13H3,(H,38,47)(H2,37,39,46,50)/b16-14+/t25-,26+,27+,28-,30+,31-/m1/s1. The molecule has 51 heavy (non-hydrogen) atoms. The van der Waals surface area contributed by atoms with E-state index in [1.165, 1.54) is 42.9 Å². The average molecular weight is 726 g/mol. The zero-order chi connectivity index (χ0) is 39.6. The first-order valence-electron chi connectivity index (χ1n) is 17.9. The normalized spacial score (nSPS) is 15.2. The van der Waals surface area contributed by atoms with Gasteiger partial charge in [0.15, 0.2) is 0 Å². The second kappa shape index (κ2) is 23.8. The number of urea groups is 1. The van der Waals surface area contributed by atoms with E-state index >= 15 is 0 Å². The molecule has 0 heterocycles. The number of imide groups is 1. The molecule has 0 unspecified atom stereocenters. The van der Waals surface area contributed by atoms with Crippen LogP contribution in [0.15, 0.2) is 12.2 Å². The van der Waals surface area contributed by atoms with Crippen LogP contribution in [0.2, 0.25) is 0 Å². The lowest BCUT2D eigenvalue weighted by molar-refractivity contribution is -0.152. The molecule has 0 aliphatic carbocycles. The molecule has 0 aromatic rings. The fraction of sp³-hybridized carbons (Fsp3) is 0.778. The van der Waals surface area contributed by atoms with Crippen LogP contribution in [0.1, 0.15) is 74.1 Å². The van der Waals surface area contributed by atoms with E-state index in [9.17, 15) is 33.9 Å². The van der Waals surface area contributed by atoms with Crippen molar-refractivity contribution < 1.29 is 38.6 Å². The van der Waals surface area contributed by atoms with Crippen LogP contribution in [0.3, 0.4) is 0 Å². The van der Waals surface area contributed by atoms with E-state index in [1.807, 2.05) is 65.8 Å². The number of hydrogen-bond acceptors (Lipinski definition) is 9. The van der Waals surface area contributed by atoms with Gasteiger partial charge in [0.25, 0.3) is 5.91 Å². The molecule has 7 amide bonds. The summed E-state index contributed by atoms with van der Waals surface area (Å²) in [7, 11) is 9.44. The largest absolute Gasteiger partial charge is 0.390 e. The van der Waals surface area contributed by atoms with E-state index < -0.39 is 59.9 Å². The lowest BCUT2D eigenvalue weighted by atomic mass is 9.92. The first-order chi connectivity index (χ1) is 23.7. The van der Waals surface area contributed by atoms with Gasteiger partial charge in [0.2, 0.25) is 23.6 Å². The summed E-state index contributed by atoms with van der Waals surface area (Å²) in [5, 5.41) is 18.7. The number of aliphatic hydroxyl groups excluding tert-OH is 1. The molecule has 0 fully saturated rings. The Kier molecular flexibility index (Phi) is 22.2. The molecule has 0 spiro atoms. The molecular weight excluding hydrogens is 658 g/mol. The maximum atomic E-state index is 14.1. The number of nitrogens with one attached hydrogen (secondary N) is 3. The van der Waals surface area contributed by atoms with Gasteiger partial charge < -0.3 is 40.1 Å². The van der Waals surface area contributed by atoms with E-state index in [0.717, 1.165) is 0 Å². The van der Waals surface area contributed by atoms with Crippen molar-refractivity contribution in [2.24, 2.45) is 17.8 Å². The molecule has 0 radical (unpaired) electrons. The predicted molar refractivity (Wildman–Crippen MR) is 197 cm³/mol. The highest BCUT2D eigenvalue weighted by Gasteiger charge is 2.40. The Bertz CT molecular complexity index is 1160. The second-order valence-electron chi connectivity index (χ2n) is 14.3. The number of amides is 7. The summed E-state index contributed by atoms with van der Waals surface area (Å²) in [6.07, 6.45) is 3.48. The Morgan fingerprint density at radius 2 is 1.41 bits per heavy atom. The second-order valence-corrected chi connectivity index (χ2v) is 14.3. The zero-order valence-corrected chi connectivity index (χ0v) is 33.3. The molecule has 15 heteroatoms. The number of carbonyl (C=O) groups excluding carboxylic acids is 6. The van der Waals surface area contributed by atoms with E-state index in [4.69, 9.17) is 4.74 Å². The number of rotatable bonds is 22. The zero-order valence-electron chi connectivity index (χ0n) is 33.3. The molecular formula is C36H67N7O8. The molecule has 0 saturated carbocycles. The number of ether oxygens (including phenoxy) is 1. The van der Waals surface area contributed by atoms with Crippen molar-refractivity contribution in [3.8, 4) is 0 Å². The Morgan fingerprint density at radius 3 is 1.90 bits per heavy atom. The van der Waals surface area contributed by atoms with Crippen molar-refractivity contribution in [1.29, 1.82) is 0 Å². The third-order valence-electron chi connectivity index (χ3n) is 8.67. The lowest BCUT2D eigenvalue weighted by Crippen LogP contribution is -2.61.